The summed E-state index contributed by atoms with van der Waals surface area (Å²) in [5, 5.41) is 19.9. The number of ether oxygens (including phenoxy) is 1. The summed E-state index contributed by atoms with van der Waals surface area (Å²) >= 11 is 0. The molecule has 1 aliphatic rings. The Morgan fingerprint density at radius 3 is 2.45 bits per heavy atom. The topological polar surface area (TPSA) is 107 Å². The molecule has 0 aromatic heterocycles. The van der Waals surface area contributed by atoms with Crippen molar-refractivity contribution >= 4 is 15.5 Å². The molecule has 1 heterocycles. The molecule has 20 heavy (non-hydrogen) atoms. The molecule has 0 saturated carbocycles. The van der Waals surface area contributed by atoms with Crippen LogP contribution in [0.25, 0.3) is 0 Å². The molecule has 1 N–H and O–H groups in total. The minimum Gasteiger partial charge on any atom is -0.483 e. The van der Waals surface area contributed by atoms with Crippen LogP contribution in [0, 0.1) is 21.7 Å². The first-order valence-corrected chi connectivity index (χ1v) is 7.20. The van der Waals surface area contributed by atoms with Crippen molar-refractivity contribution in [2.45, 2.75) is 12.2 Å². The third-order valence-electron chi connectivity index (χ3n) is 2.75. The summed E-state index contributed by atoms with van der Waals surface area (Å²) < 4.78 is 54.3. The number of hydrogen-bond donors (Lipinski definition) is 1. The van der Waals surface area contributed by atoms with Gasteiger partial charge in [0.15, 0.2) is 21.4 Å². The molecule has 1 aromatic carbocycles. The van der Waals surface area contributed by atoms with E-state index in [4.69, 9.17) is 4.74 Å². The molecule has 1 aromatic rings. The predicted octanol–water partition coefficient (Wildman–Crippen LogP) is 0.410. The molecule has 2 unspecified atom stereocenters. The smallest absolute Gasteiger partial charge is 0.307 e. The molecule has 2 atom stereocenters. The number of aliphatic hydroxyl groups excluding tert-OH is 1. The van der Waals surface area contributed by atoms with Crippen LogP contribution in [-0.4, -0.2) is 42.2 Å². The quantitative estimate of drug-likeness (QED) is 0.640. The van der Waals surface area contributed by atoms with Crippen molar-refractivity contribution in [2.24, 2.45) is 0 Å². The first kappa shape index (κ1) is 14.6. The zero-order valence-corrected chi connectivity index (χ0v) is 10.6. The Balaban J connectivity index is 2.27. The van der Waals surface area contributed by atoms with Crippen molar-refractivity contribution in [2.75, 3.05) is 11.5 Å². The van der Waals surface area contributed by atoms with E-state index >= 15 is 0 Å². The molecule has 1 saturated heterocycles. The highest BCUT2D eigenvalue weighted by Crippen LogP contribution is 2.28. The highest BCUT2D eigenvalue weighted by Gasteiger charge is 2.38. The first-order valence-electron chi connectivity index (χ1n) is 5.38. The lowest BCUT2D eigenvalue weighted by atomic mass is 10.2. The van der Waals surface area contributed by atoms with E-state index < -0.39 is 61.5 Å². The third kappa shape index (κ3) is 2.85. The summed E-state index contributed by atoms with van der Waals surface area (Å²) in [6.45, 7) is 0. The summed E-state index contributed by atoms with van der Waals surface area (Å²) in [5.41, 5.74) is -1.06. The van der Waals surface area contributed by atoms with Crippen LogP contribution in [0.15, 0.2) is 12.1 Å². The normalized spacial score (nSPS) is 24.6. The number of nitro groups is 1. The van der Waals surface area contributed by atoms with E-state index in [2.05, 4.69) is 0 Å². The Morgan fingerprint density at radius 2 is 1.95 bits per heavy atom. The molecule has 2 rings (SSSR count). The summed E-state index contributed by atoms with van der Waals surface area (Å²) in [5.74, 6) is -4.29. The van der Waals surface area contributed by atoms with Gasteiger partial charge in [0.1, 0.15) is 12.2 Å². The van der Waals surface area contributed by atoms with Crippen LogP contribution < -0.4 is 4.74 Å². The SMILES string of the molecule is O=[N+]([O-])c1cc(F)c(OC2CS(=O)(=O)CC2O)cc1F. The maximum absolute atomic E-state index is 13.5. The van der Waals surface area contributed by atoms with Gasteiger partial charge in [-0.15, -0.1) is 0 Å². The Bertz CT molecular complexity index is 662. The van der Waals surface area contributed by atoms with Crippen molar-refractivity contribution in [1.29, 1.82) is 0 Å². The summed E-state index contributed by atoms with van der Waals surface area (Å²) in [4.78, 5) is 9.31. The lowest BCUT2D eigenvalue weighted by Gasteiger charge is -2.16. The van der Waals surface area contributed by atoms with Crippen molar-refractivity contribution in [3.8, 4) is 5.75 Å². The number of sulfone groups is 1. The monoisotopic (exact) mass is 309 g/mol. The Hall–Kier alpha value is -1.81. The largest absolute Gasteiger partial charge is 0.483 e. The van der Waals surface area contributed by atoms with E-state index in [0.717, 1.165) is 0 Å². The molecule has 0 bridgehead atoms. The van der Waals surface area contributed by atoms with Crippen molar-refractivity contribution in [3.63, 3.8) is 0 Å². The van der Waals surface area contributed by atoms with E-state index in [-0.39, 0.29) is 0 Å². The number of benzene rings is 1. The average molecular weight is 309 g/mol. The Kier molecular flexibility index (Phi) is 3.61. The molecule has 1 fully saturated rings. The minimum absolute atomic E-state index is 0.334. The molecule has 0 aliphatic carbocycles. The highest BCUT2D eigenvalue weighted by atomic mass is 32.2. The van der Waals surface area contributed by atoms with Crippen LogP contribution in [0.4, 0.5) is 14.5 Å². The lowest BCUT2D eigenvalue weighted by molar-refractivity contribution is -0.387. The maximum atomic E-state index is 13.5. The Morgan fingerprint density at radius 1 is 1.30 bits per heavy atom. The molecule has 1 aliphatic heterocycles. The van der Waals surface area contributed by atoms with Gasteiger partial charge in [-0.25, -0.2) is 12.8 Å². The van der Waals surface area contributed by atoms with Crippen LogP contribution >= 0.6 is 0 Å². The molecule has 110 valence electrons. The highest BCUT2D eigenvalue weighted by molar-refractivity contribution is 7.91. The fourth-order valence-electron chi connectivity index (χ4n) is 1.82. The Labute approximate surface area is 111 Å². The average Bonchev–Trinajstić information content (AvgIpc) is 2.56. The van der Waals surface area contributed by atoms with E-state index in [1.54, 1.807) is 0 Å². The second-order valence-electron chi connectivity index (χ2n) is 4.29. The van der Waals surface area contributed by atoms with Crippen molar-refractivity contribution in [3.05, 3.63) is 33.9 Å². The van der Waals surface area contributed by atoms with E-state index in [1.807, 2.05) is 0 Å². The van der Waals surface area contributed by atoms with Gasteiger partial charge in [-0.05, 0) is 0 Å². The molecule has 7 nitrogen and oxygen atoms in total. The third-order valence-corrected chi connectivity index (χ3v) is 4.43. The van der Waals surface area contributed by atoms with Gasteiger partial charge in [0.05, 0.1) is 22.5 Å². The van der Waals surface area contributed by atoms with Gasteiger partial charge in [0.25, 0.3) is 0 Å². The van der Waals surface area contributed by atoms with E-state index in [9.17, 15) is 32.4 Å². The van der Waals surface area contributed by atoms with Gasteiger partial charge < -0.3 is 9.84 Å². The van der Waals surface area contributed by atoms with E-state index in [0.29, 0.717) is 12.1 Å². The zero-order valence-electron chi connectivity index (χ0n) is 9.82. The summed E-state index contributed by atoms with van der Waals surface area (Å²) in [7, 11) is -3.51. The van der Waals surface area contributed by atoms with Crippen molar-refractivity contribution < 1.29 is 32.0 Å². The van der Waals surface area contributed by atoms with Crippen LogP contribution in [0.2, 0.25) is 0 Å². The lowest BCUT2D eigenvalue weighted by Crippen LogP contribution is -2.30. The second-order valence-corrected chi connectivity index (χ2v) is 6.45. The number of halogens is 2. The standard InChI is InChI=1S/C10H9F2NO6S/c11-5-2-9(6(12)1-7(5)13(15)16)19-10-4-20(17,18)3-8(10)14/h1-2,8,10,14H,3-4H2. The number of aliphatic hydroxyl groups is 1. The fourth-order valence-corrected chi connectivity index (χ4v) is 3.48. The fraction of sp³-hybridized carbons (Fsp3) is 0.400. The van der Waals surface area contributed by atoms with Crippen LogP contribution in [0.1, 0.15) is 0 Å². The molecule has 0 spiro atoms. The molecule has 0 radical (unpaired) electrons. The molecule has 0 amide bonds. The van der Waals surface area contributed by atoms with Crippen LogP contribution in [-0.2, 0) is 9.84 Å². The first-order chi connectivity index (χ1) is 9.19. The predicted molar refractivity (Wildman–Crippen MR) is 62.1 cm³/mol. The van der Waals surface area contributed by atoms with Gasteiger partial charge in [0, 0.05) is 6.07 Å². The summed E-state index contributed by atoms with van der Waals surface area (Å²) in [6, 6.07) is 0.783. The number of hydrogen-bond acceptors (Lipinski definition) is 6. The van der Waals surface area contributed by atoms with Crippen LogP contribution in [0.5, 0.6) is 5.75 Å². The van der Waals surface area contributed by atoms with E-state index in [1.165, 1.54) is 0 Å². The number of nitro benzene ring substituents is 1. The van der Waals surface area contributed by atoms with Crippen LogP contribution in [0.3, 0.4) is 0 Å². The van der Waals surface area contributed by atoms with Gasteiger partial charge in [-0.3, -0.25) is 10.1 Å². The van der Waals surface area contributed by atoms with Gasteiger partial charge >= 0.3 is 5.69 Å². The second kappa shape index (κ2) is 4.94. The van der Waals surface area contributed by atoms with Crippen molar-refractivity contribution in [1.82, 2.24) is 0 Å². The molecule has 10 heteroatoms. The number of nitrogens with zero attached hydrogens (tertiary/aromatic N) is 1. The van der Waals surface area contributed by atoms with Gasteiger partial charge in [-0.1, -0.05) is 0 Å². The molecular formula is C10H9F2NO6S. The minimum atomic E-state index is -3.51. The van der Waals surface area contributed by atoms with Gasteiger partial charge in [-0.2, -0.15) is 4.39 Å². The van der Waals surface area contributed by atoms with Gasteiger partial charge in [0.2, 0.25) is 5.82 Å². The zero-order chi connectivity index (χ0) is 15.1. The summed E-state index contributed by atoms with van der Waals surface area (Å²) in [6.07, 6.45) is -2.60. The maximum Gasteiger partial charge on any atom is 0.307 e. The molecular weight excluding hydrogens is 300 g/mol. The number of rotatable bonds is 3.